The van der Waals surface area contributed by atoms with Gasteiger partial charge in [-0.25, -0.2) is 9.56 Å². The van der Waals surface area contributed by atoms with Crippen LogP contribution in [-0.2, 0) is 16.0 Å². The quantitative estimate of drug-likeness (QED) is 0.611. The number of nitrogens with one attached hydrogen (secondary N) is 1. The Morgan fingerprint density at radius 1 is 1.19 bits per heavy atom. The summed E-state index contributed by atoms with van der Waals surface area (Å²) in [7, 11) is 0. The van der Waals surface area contributed by atoms with Crippen molar-refractivity contribution in [3.63, 3.8) is 0 Å². The molecule has 1 N–H and O–H groups in total. The Kier molecular flexibility index (Phi) is 6.63. The zero-order valence-corrected chi connectivity index (χ0v) is 16.0. The first-order chi connectivity index (χ1) is 14.2. The van der Waals surface area contributed by atoms with E-state index in [9.17, 15) is 9.59 Å². The number of aromatic nitrogens is 2. The Balaban J connectivity index is 0.00000136. The van der Waals surface area contributed by atoms with Crippen LogP contribution in [0.1, 0.15) is 32.4 Å². The van der Waals surface area contributed by atoms with E-state index in [1.54, 1.807) is 24.7 Å². The van der Waals surface area contributed by atoms with E-state index >= 15 is 0 Å². The van der Waals surface area contributed by atoms with Gasteiger partial charge in [0.15, 0.2) is 12.8 Å². The van der Waals surface area contributed by atoms with E-state index in [0.29, 0.717) is 30.5 Å². The number of rotatable bonds is 3. The van der Waals surface area contributed by atoms with Gasteiger partial charge in [-0.15, -0.1) is 0 Å². The van der Waals surface area contributed by atoms with E-state index in [1.165, 1.54) is 0 Å². The minimum atomic E-state index is 0. The van der Waals surface area contributed by atoms with E-state index in [2.05, 4.69) is 26.1 Å². The van der Waals surface area contributed by atoms with Crippen LogP contribution in [0.2, 0.25) is 0 Å². The van der Waals surface area contributed by atoms with Crippen LogP contribution in [0.3, 0.4) is 0 Å². The smallest absolute Gasteiger partial charge is 0.246 e. The molecule has 5 rings (SSSR count). The average molecular weight is 421 g/mol. The zero-order chi connectivity index (χ0) is 19.8. The molecule has 3 aliphatic rings. The number of likely N-dealkylation sites (tertiary alicyclic amines) is 1. The SMILES string of the molecule is C.C.O=C1CCc2cc(/C=C/C(=O)N3C[C@H]4C[N+](c5ccncc5)=C[C@H]4C3)cnc2N1. The number of pyridine rings is 2. The molecule has 2 amide bonds. The summed E-state index contributed by atoms with van der Waals surface area (Å²) in [5.74, 6) is 1.53. The van der Waals surface area contributed by atoms with Crippen LogP contribution in [0.15, 0.2) is 42.9 Å². The first-order valence-corrected chi connectivity index (χ1v) is 9.93. The van der Waals surface area contributed by atoms with Gasteiger partial charge in [0.2, 0.25) is 17.5 Å². The molecule has 7 heteroatoms. The summed E-state index contributed by atoms with van der Waals surface area (Å²) in [6.07, 6.45) is 12.2. The fraction of sp³-hybridized carbons (Fsp3) is 0.375. The second kappa shape index (κ2) is 9.20. The van der Waals surface area contributed by atoms with Gasteiger partial charge >= 0.3 is 0 Å². The van der Waals surface area contributed by atoms with Crippen molar-refractivity contribution in [2.75, 3.05) is 25.0 Å². The third kappa shape index (κ3) is 4.55. The first kappa shape index (κ1) is 22.3. The van der Waals surface area contributed by atoms with Crippen LogP contribution in [0.5, 0.6) is 0 Å². The minimum Gasteiger partial charge on any atom is -0.338 e. The maximum absolute atomic E-state index is 12.7. The van der Waals surface area contributed by atoms with Crippen LogP contribution in [0.4, 0.5) is 11.5 Å². The fourth-order valence-corrected chi connectivity index (χ4v) is 4.35. The Morgan fingerprint density at radius 3 is 2.77 bits per heavy atom. The van der Waals surface area contributed by atoms with Crippen molar-refractivity contribution in [3.8, 4) is 0 Å². The lowest BCUT2D eigenvalue weighted by atomic mass is 10.0. The predicted octanol–water partition coefficient (Wildman–Crippen LogP) is 3.15. The number of nitrogens with zero attached hydrogens (tertiary/aromatic N) is 4. The van der Waals surface area contributed by atoms with Crippen molar-refractivity contribution >= 4 is 35.6 Å². The Morgan fingerprint density at radius 2 is 2.00 bits per heavy atom. The molecule has 2 aromatic rings. The highest BCUT2D eigenvalue weighted by atomic mass is 16.2. The van der Waals surface area contributed by atoms with E-state index in [0.717, 1.165) is 36.4 Å². The van der Waals surface area contributed by atoms with Crippen molar-refractivity contribution < 1.29 is 14.2 Å². The number of hydrogen-bond donors (Lipinski definition) is 1. The summed E-state index contributed by atoms with van der Waals surface area (Å²) in [6.45, 7) is 2.47. The van der Waals surface area contributed by atoms with Crippen LogP contribution in [-0.4, -0.2) is 57.1 Å². The predicted molar refractivity (Wildman–Crippen MR) is 122 cm³/mol. The number of carbonyl (C=O) groups is 2. The van der Waals surface area contributed by atoms with Crippen LogP contribution in [0, 0.1) is 11.8 Å². The summed E-state index contributed by atoms with van der Waals surface area (Å²) >= 11 is 0. The molecule has 1 saturated heterocycles. The summed E-state index contributed by atoms with van der Waals surface area (Å²) in [6, 6.07) is 6.02. The molecule has 7 nitrogen and oxygen atoms in total. The Labute approximate surface area is 183 Å². The topological polar surface area (TPSA) is 78.2 Å². The van der Waals surface area contributed by atoms with Gasteiger partial charge in [-0.2, -0.15) is 0 Å². The number of hydrogen-bond acceptors (Lipinski definition) is 4. The largest absolute Gasteiger partial charge is 0.338 e. The van der Waals surface area contributed by atoms with Crippen molar-refractivity contribution in [2.24, 2.45) is 11.8 Å². The maximum Gasteiger partial charge on any atom is 0.246 e. The van der Waals surface area contributed by atoms with Crippen molar-refractivity contribution in [2.45, 2.75) is 27.7 Å². The van der Waals surface area contributed by atoms with Crippen molar-refractivity contribution in [1.82, 2.24) is 14.9 Å². The first-order valence-electron chi connectivity index (χ1n) is 9.93. The number of fused-ring (bicyclic) bond motifs is 2. The molecule has 1 fully saturated rings. The molecule has 0 radical (unpaired) electrons. The second-order valence-corrected chi connectivity index (χ2v) is 7.83. The second-order valence-electron chi connectivity index (χ2n) is 7.83. The molecule has 0 saturated carbocycles. The highest BCUT2D eigenvalue weighted by Crippen LogP contribution is 2.29. The van der Waals surface area contributed by atoms with Crippen molar-refractivity contribution in [1.29, 1.82) is 0 Å². The average Bonchev–Trinajstić information content (AvgIpc) is 3.32. The fourth-order valence-electron chi connectivity index (χ4n) is 4.35. The van der Waals surface area contributed by atoms with Gasteiger partial charge < -0.3 is 10.2 Å². The van der Waals surface area contributed by atoms with Crippen molar-refractivity contribution in [3.05, 3.63) is 54.0 Å². The summed E-state index contributed by atoms with van der Waals surface area (Å²) in [4.78, 5) is 34.4. The lowest BCUT2D eigenvalue weighted by Crippen LogP contribution is -2.29. The molecule has 0 unspecified atom stereocenters. The van der Waals surface area contributed by atoms with E-state index in [4.69, 9.17) is 0 Å². The summed E-state index contributed by atoms with van der Waals surface area (Å²) in [5.41, 5.74) is 3.05. The summed E-state index contributed by atoms with van der Waals surface area (Å²) in [5, 5.41) is 2.77. The van der Waals surface area contributed by atoms with E-state index < -0.39 is 0 Å². The molecule has 162 valence electrons. The molecule has 0 spiro atoms. The lowest BCUT2D eigenvalue weighted by molar-refractivity contribution is -0.433. The molecule has 0 aliphatic carbocycles. The Hall–Kier alpha value is -3.35. The Bertz CT molecular complexity index is 1030. The molecule has 3 aliphatic heterocycles. The third-order valence-corrected chi connectivity index (χ3v) is 5.89. The van der Waals surface area contributed by atoms with Gasteiger partial charge in [0, 0.05) is 62.2 Å². The van der Waals surface area contributed by atoms with E-state index in [1.807, 2.05) is 29.2 Å². The molecule has 5 heterocycles. The molecular weight excluding hydrogens is 390 g/mol. The zero-order valence-electron chi connectivity index (χ0n) is 16.0. The molecule has 31 heavy (non-hydrogen) atoms. The summed E-state index contributed by atoms with van der Waals surface area (Å²) < 4.78 is 2.27. The van der Waals surface area contributed by atoms with Gasteiger partial charge in [0.1, 0.15) is 5.82 Å². The van der Waals surface area contributed by atoms with Gasteiger partial charge in [0.25, 0.3) is 0 Å². The third-order valence-electron chi connectivity index (χ3n) is 5.89. The van der Waals surface area contributed by atoms with Crippen LogP contribution < -0.4 is 5.32 Å². The number of aryl methyl sites for hydroxylation is 1. The molecular formula is C24H30N5O2+. The highest BCUT2D eigenvalue weighted by Gasteiger charge is 2.42. The highest BCUT2D eigenvalue weighted by molar-refractivity contribution is 5.94. The minimum absolute atomic E-state index is 0. The van der Waals surface area contributed by atoms with Gasteiger partial charge in [-0.05, 0) is 29.7 Å². The molecule has 0 bridgehead atoms. The maximum atomic E-state index is 12.7. The lowest BCUT2D eigenvalue weighted by Gasteiger charge is -2.16. The normalized spacial score (nSPS) is 21.5. The molecule has 0 aromatic carbocycles. The number of carbonyl (C=O) groups excluding carboxylic acids is 2. The van der Waals surface area contributed by atoms with Gasteiger partial charge in [-0.1, -0.05) is 14.9 Å². The van der Waals surface area contributed by atoms with Gasteiger partial charge in [-0.3, -0.25) is 14.6 Å². The van der Waals surface area contributed by atoms with Crippen LogP contribution in [0.25, 0.3) is 6.08 Å². The van der Waals surface area contributed by atoms with E-state index in [-0.39, 0.29) is 26.7 Å². The van der Waals surface area contributed by atoms with Crippen LogP contribution >= 0.6 is 0 Å². The molecule has 2 atom stereocenters. The van der Waals surface area contributed by atoms with Gasteiger partial charge in [0.05, 0.1) is 5.92 Å². The number of amides is 2. The molecule has 2 aromatic heterocycles. The monoisotopic (exact) mass is 420 g/mol. The number of anilines is 1. The standard InChI is InChI=1S/C22H21N5O2.2CH4/c28-20-3-2-16-9-15(10-24-22(16)25-20)1-4-21(29)27-13-17-11-26(12-18(17)14-27)19-5-7-23-8-6-19;;/h1,4-11,17-18H,2-3,12-14H2;2*1H4/p+1/t17-,18+;;/m0../s1.